The summed E-state index contributed by atoms with van der Waals surface area (Å²) < 4.78 is 10.3. The maximum Gasteiger partial charge on any atom is 0.121 e. The van der Waals surface area contributed by atoms with Gasteiger partial charge >= 0.3 is 0 Å². The van der Waals surface area contributed by atoms with Gasteiger partial charge in [0, 0.05) is 19.7 Å². The van der Waals surface area contributed by atoms with Crippen molar-refractivity contribution < 1.29 is 9.47 Å². The van der Waals surface area contributed by atoms with Gasteiger partial charge in [0.1, 0.15) is 5.75 Å². The molecule has 0 saturated carbocycles. The molecule has 0 unspecified atom stereocenters. The summed E-state index contributed by atoms with van der Waals surface area (Å²) in [5, 5.41) is 3.40. The minimum absolute atomic E-state index is 0.368. The molecule has 0 saturated heterocycles. The summed E-state index contributed by atoms with van der Waals surface area (Å²) in [6.45, 7) is 5.76. The summed E-state index contributed by atoms with van der Waals surface area (Å²) in [6.07, 6.45) is 0. The van der Waals surface area contributed by atoms with Gasteiger partial charge in [-0.1, -0.05) is 12.1 Å². The summed E-state index contributed by atoms with van der Waals surface area (Å²) in [4.78, 5) is 0. The number of hydrogen-bond acceptors (Lipinski definition) is 3. The Labute approximate surface area is 97.8 Å². The fourth-order valence-corrected chi connectivity index (χ4v) is 1.65. The van der Waals surface area contributed by atoms with E-state index in [0.29, 0.717) is 6.04 Å². The fraction of sp³-hybridized carbons (Fsp3) is 0.538. The number of ether oxygens (including phenoxy) is 2. The molecule has 0 bridgehead atoms. The smallest absolute Gasteiger partial charge is 0.121 e. The largest absolute Gasteiger partial charge is 0.496 e. The zero-order chi connectivity index (χ0) is 12.0. The van der Waals surface area contributed by atoms with Crippen molar-refractivity contribution in [1.82, 2.24) is 5.32 Å². The first kappa shape index (κ1) is 13.0. The zero-order valence-electron chi connectivity index (χ0n) is 10.5. The van der Waals surface area contributed by atoms with Gasteiger partial charge in [-0.15, -0.1) is 0 Å². The highest BCUT2D eigenvalue weighted by molar-refractivity contribution is 5.36. The van der Waals surface area contributed by atoms with Crippen molar-refractivity contribution in [2.24, 2.45) is 0 Å². The van der Waals surface area contributed by atoms with Crippen LogP contribution in [0.2, 0.25) is 0 Å². The van der Waals surface area contributed by atoms with E-state index >= 15 is 0 Å². The van der Waals surface area contributed by atoms with E-state index in [2.05, 4.69) is 31.3 Å². The number of rotatable bonds is 6. The van der Waals surface area contributed by atoms with E-state index in [1.807, 2.05) is 6.07 Å². The highest BCUT2D eigenvalue weighted by Crippen LogP contribution is 2.18. The van der Waals surface area contributed by atoms with Gasteiger partial charge < -0.3 is 14.8 Å². The van der Waals surface area contributed by atoms with Crippen molar-refractivity contribution in [2.75, 3.05) is 20.8 Å². The first-order chi connectivity index (χ1) is 7.67. The van der Waals surface area contributed by atoms with Gasteiger partial charge in [-0.05, 0) is 31.0 Å². The molecule has 1 aromatic carbocycles. The molecule has 1 rings (SSSR count). The molecule has 3 nitrogen and oxygen atoms in total. The lowest BCUT2D eigenvalue weighted by Crippen LogP contribution is -2.29. The Kier molecular flexibility index (Phi) is 5.29. The number of methoxy groups -OCH3 is 2. The second-order valence-electron chi connectivity index (χ2n) is 4.04. The quantitative estimate of drug-likeness (QED) is 0.801. The minimum Gasteiger partial charge on any atom is -0.496 e. The number of benzene rings is 1. The maximum atomic E-state index is 5.22. The van der Waals surface area contributed by atoms with Gasteiger partial charge in [-0.3, -0.25) is 0 Å². The molecule has 0 fully saturated rings. The van der Waals surface area contributed by atoms with Crippen LogP contribution in [0.5, 0.6) is 5.75 Å². The molecule has 0 aliphatic carbocycles. The molecule has 0 aliphatic heterocycles. The van der Waals surface area contributed by atoms with Gasteiger partial charge in [0.25, 0.3) is 0 Å². The second kappa shape index (κ2) is 6.51. The third-order valence-corrected chi connectivity index (χ3v) is 2.53. The van der Waals surface area contributed by atoms with Crippen molar-refractivity contribution in [1.29, 1.82) is 0 Å². The van der Waals surface area contributed by atoms with Crippen molar-refractivity contribution >= 4 is 0 Å². The second-order valence-corrected chi connectivity index (χ2v) is 4.04. The first-order valence-electron chi connectivity index (χ1n) is 5.53. The lowest BCUT2D eigenvalue weighted by atomic mass is 10.1. The Morgan fingerprint density at radius 2 is 2.06 bits per heavy atom. The Morgan fingerprint density at radius 3 is 2.62 bits per heavy atom. The predicted molar refractivity (Wildman–Crippen MR) is 65.9 cm³/mol. The van der Waals surface area contributed by atoms with Crippen molar-refractivity contribution in [2.45, 2.75) is 26.4 Å². The van der Waals surface area contributed by atoms with Crippen molar-refractivity contribution in [3.63, 3.8) is 0 Å². The van der Waals surface area contributed by atoms with E-state index in [-0.39, 0.29) is 0 Å². The molecule has 0 amide bonds. The van der Waals surface area contributed by atoms with Crippen LogP contribution in [0.15, 0.2) is 18.2 Å². The highest BCUT2D eigenvalue weighted by atomic mass is 16.5. The minimum atomic E-state index is 0.368. The monoisotopic (exact) mass is 223 g/mol. The summed E-state index contributed by atoms with van der Waals surface area (Å²) in [6, 6.07) is 6.60. The van der Waals surface area contributed by atoms with E-state index in [1.54, 1.807) is 14.2 Å². The molecule has 0 spiro atoms. The average molecular weight is 223 g/mol. The van der Waals surface area contributed by atoms with Crippen LogP contribution in [0.4, 0.5) is 0 Å². The van der Waals surface area contributed by atoms with Gasteiger partial charge in [-0.25, -0.2) is 0 Å². The van der Waals surface area contributed by atoms with Crippen LogP contribution in [-0.4, -0.2) is 26.9 Å². The van der Waals surface area contributed by atoms with Gasteiger partial charge in [0.05, 0.1) is 13.7 Å². The lowest BCUT2D eigenvalue weighted by molar-refractivity contribution is 0.171. The molecule has 16 heavy (non-hydrogen) atoms. The van der Waals surface area contributed by atoms with Crippen LogP contribution in [0.3, 0.4) is 0 Å². The average Bonchev–Trinajstić information content (AvgIpc) is 2.27. The Hall–Kier alpha value is -1.06. The highest BCUT2D eigenvalue weighted by Gasteiger charge is 2.02. The van der Waals surface area contributed by atoms with E-state index in [9.17, 15) is 0 Å². The normalized spacial score (nSPS) is 12.5. The molecular formula is C13H21NO2. The third-order valence-electron chi connectivity index (χ3n) is 2.53. The first-order valence-corrected chi connectivity index (χ1v) is 5.53. The van der Waals surface area contributed by atoms with Crippen molar-refractivity contribution in [3.8, 4) is 5.75 Å². The number of hydrogen-bond donors (Lipinski definition) is 1. The Morgan fingerprint density at radius 1 is 1.31 bits per heavy atom. The summed E-state index contributed by atoms with van der Waals surface area (Å²) in [5.74, 6) is 0.939. The van der Waals surface area contributed by atoms with Gasteiger partial charge in [0.15, 0.2) is 0 Å². The Balaban J connectivity index is 2.51. The van der Waals surface area contributed by atoms with Crippen molar-refractivity contribution in [3.05, 3.63) is 29.3 Å². The van der Waals surface area contributed by atoms with Gasteiger partial charge in [-0.2, -0.15) is 0 Å². The molecule has 1 N–H and O–H groups in total. The van der Waals surface area contributed by atoms with Crippen LogP contribution >= 0.6 is 0 Å². The summed E-state index contributed by atoms with van der Waals surface area (Å²) in [5.41, 5.74) is 2.43. The molecule has 0 radical (unpaired) electrons. The van der Waals surface area contributed by atoms with Crippen LogP contribution in [-0.2, 0) is 11.3 Å². The lowest BCUT2D eigenvalue weighted by Gasteiger charge is -2.13. The molecule has 1 aromatic rings. The third kappa shape index (κ3) is 3.83. The van der Waals surface area contributed by atoms with E-state index in [1.165, 1.54) is 11.1 Å². The molecule has 1 atom stereocenters. The molecule has 0 heterocycles. The maximum absolute atomic E-state index is 5.22. The molecule has 0 aliphatic rings. The number of aryl methyl sites for hydroxylation is 1. The topological polar surface area (TPSA) is 30.5 Å². The predicted octanol–water partition coefficient (Wildman–Crippen LogP) is 2.13. The van der Waals surface area contributed by atoms with E-state index in [0.717, 1.165) is 18.9 Å². The number of nitrogens with one attached hydrogen (secondary N) is 1. The van der Waals surface area contributed by atoms with E-state index < -0.39 is 0 Å². The molecule has 0 aromatic heterocycles. The zero-order valence-corrected chi connectivity index (χ0v) is 10.5. The summed E-state index contributed by atoms with van der Waals surface area (Å²) in [7, 11) is 3.41. The summed E-state index contributed by atoms with van der Waals surface area (Å²) >= 11 is 0. The molecule has 3 heteroatoms. The van der Waals surface area contributed by atoms with Crippen LogP contribution in [0, 0.1) is 6.92 Å². The van der Waals surface area contributed by atoms with Crippen LogP contribution in [0.25, 0.3) is 0 Å². The van der Waals surface area contributed by atoms with Crippen LogP contribution in [0.1, 0.15) is 18.1 Å². The van der Waals surface area contributed by atoms with Crippen LogP contribution < -0.4 is 10.1 Å². The van der Waals surface area contributed by atoms with Gasteiger partial charge in [0.2, 0.25) is 0 Å². The van der Waals surface area contributed by atoms with E-state index in [4.69, 9.17) is 9.47 Å². The SMILES string of the molecule is COC[C@H](C)NCc1ccc(OC)c(C)c1. The standard InChI is InChI=1S/C13H21NO2/c1-10-7-12(5-6-13(10)16-4)8-14-11(2)9-15-3/h5-7,11,14H,8-9H2,1-4H3/t11-/m0/s1. The molecule has 90 valence electrons. The molecular weight excluding hydrogens is 202 g/mol. The fourth-order valence-electron chi connectivity index (χ4n) is 1.65. The Bertz CT molecular complexity index is 326.